The van der Waals surface area contributed by atoms with Gasteiger partial charge in [-0.05, 0) is 81.2 Å². The Kier molecular flexibility index (Phi) is 6.97. The first kappa shape index (κ1) is 23.1. The van der Waals surface area contributed by atoms with Gasteiger partial charge < -0.3 is 14.5 Å². The minimum Gasteiger partial charge on any atom is -0.493 e. The number of allylic oxidation sites excluding steroid dienone is 1. The highest BCUT2D eigenvalue weighted by molar-refractivity contribution is 7.16. The first-order chi connectivity index (χ1) is 16.6. The smallest absolute Gasteiger partial charge is 0.119 e. The van der Waals surface area contributed by atoms with E-state index in [0.717, 1.165) is 31.0 Å². The summed E-state index contributed by atoms with van der Waals surface area (Å²) in [6.45, 7) is 11.0. The molecular weight excluding hydrogens is 440 g/mol. The van der Waals surface area contributed by atoms with E-state index >= 15 is 0 Å². The zero-order chi connectivity index (χ0) is 23.5. The predicted molar refractivity (Wildman–Crippen MR) is 143 cm³/mol. The van der Waals surface area contributed by atoms with Crippen LogP contribution in [0, 0.1) is 5.92 Å². The first-order valence-electron chi connectivity index (χ1n) is 12.4. The lowest BCUT2D eigenvalue weighted by Crippen LogP contribution is -2.37. The molecule has 0 aliphatic carbocycles. The molecule has 0 N–H and O–H groups in total. The van der Waals surface area contributed by atoms with Crippen molar-refractivity contribution in [3.63, 3.8) is 0 Å². The Morgan fingerprint density at radius 2 is 2.12 bits per heavy atom. The largest absolute Gasteiger partial charge is 0.493 e. The van der Waals surface area contributed by atoms with Crippen LogP contribution in [-0.2, 0) is 0 Å². The summed E-state index contributed by atoms with van der Waals surface area (Å²) in [4.78, 5) is 14.1. The third-order valence-electron chi connectivity index (χ3n) is 7.14. The molecule has 2 aromatic carbocycles. The fourth-order valence-electron chi connectivity index (χ4n) is 5.20. The summed E-state index contributed by atoms with van der Waals surface area (Å²) >= 11 is 1.68. The van der Waals surface area contributed by atoms with Gasteiger partial charge in [0.25, 0.3) is 0 Å². The average Bonchev–Trinajstić information content (AvgIpc) is 3.35. The van der Waals surface area contributed by atoms with Gasteiger partial charge in [-0.3, -0.25) is 4.99 Å². The topological polar surface area (TPSA) is 41.0 Å². The van der Waals surface area contributed by atoms with Crippen molar-refractivity contribution in [3.05, 3.63) is 65.2 Å². The van der Waals surface area contributed by atoms with Crippen LogP contribution in [0.5, 0.6) is 5.75 Å². The van der Waals surface area contributed by atoms with Crippen LogP contribution >= 0.6 is 11.3 Å². The molecule has 1 saturated heterocycles. The van der Waals surface area contributed by atoms with Crippen molar-refractivity contribution in [2.75, 3.05) is 26.2 Å². The lowest BCUT2D eigenvalue weighted by Gasteiger charge is -2.38. The quantitative estimate of drug-likeness (QED) is 0.406. The zero-order valence-electron chi connectivity index (χ0n) is 20.4. The number of aromatic nitrogens is 1. The van der Waals surface area contributed by atoms with Crippen LogP contribution in [0.2, 0.25) is 0 Å². The van der Waals surface area contributed by atoms with Crippen molar-refractivity contribution >= 4 is 33.5 Å². The minimum absolute atomic E-state index is 0.0546. The molecule has 3 atom stereocenters. The second kappa shape index (κ2) is 10.3. The molecule has 3 aromatic rings. The number of fused-ring (bicyclic) bond motifs is 1. The van der Waals surface area contributed by atoms with Gasteiger partial charge in [0.15, 0.2) is 0 Å². The lowest BCUT2D eigenvalue weighted by molar-refractivity contribution is 0.134. The highest BCUT2D eigenvalue weighted by Gasteiger charge is 2.27. The van der Waals surface area contributed by atoms with E-state index in [1.54, 1.807) is 11.3 Å². The Morgan fingerprint density at radius 3 is 3.00 bits per heavy atom. The first-order valence-corrected chi connectivity index (χ1v) is 13.3. The van der Waals surface area contributed by atoms with Crippen molar-refractivity contribution in [1.82, 2.24) is 14.8 Å². The Labute approximate surface area is 206 Å². The van der Waals surface area contributed by atoms with Gasteiger partial charge in [0, 0.05) is 24.4 Å². The molecule has 0 radical (unpaired) electrons. The average molecular weight is 475 g/mol. The number of piperidine rings is 1. The van der Waals surface area contributed by atoms with Gasteiger partial charge in [0.2, 0.25) is 0 Å². The summed E-state index contributed by atoms with van der Waals surface area (Å²) in [5.41, 5.74) is 6.60. The van der Waals surface area contributed by atoms with E-state index in [2.05, 4.69) is 84.1 Å². The lowest BCUT2D eigenvalue weighted by atomic mass is 9.99. The van der Waals surface area contributed by atoms with Gasteiger partial charge >= 0.3 is 0 Å². The van der Waals surface area contributed by atoms with Gasteiger partial charge in [0.05, 0.1) is 28.4 Å². The third kappa shape index (κ3) is 4.89. The van der Waals surface area contributed by atoms with Gasteiger partial charge in [-0.1, -0.05) is 25.1 Å². The summed E-state index contributed by atoms with van der Waals surface area (Å²) in [6, 6.07) is 15.3. The van der Waals surface area contributed by atoms with Gasteiger partial charge in [-0.2, -0.15) is 0 Å². The summed E-state index contributed by atoms with van der Waals surface area (Å²) in [7, 11) is 0. The molecule has 2 aliphatic rings. The number of hydrogen-bond donors (Lipinski definition) is 0. The van der Waals surface area contributed by atoms with Gasteiger partial charge in [-0.15, -0.1) is 11.3 Å². The Hall–Kier alpha value is -2.70. The molecule has 0 spiro atoms. The maximum atomic E-state index is 6.30. The van der Waals surface area contributed by atoms with E-state index in [1.165, 1.54) is 40.9 Å². The Balaban J connectivity index is 1.33. The maximum Gasteiger partial charge on any atom is 0.119 e. The summed E-state index contributed by atoms with van der Waals surface area (Å²) in [5, 5.41) is 0. The fourth-order valence-corrected chi connectivity index (χ4v) is 5.92. The third-order valence-corrected chi connectivity index (χ3v) is 7.93. The highest BCUT2D eigenvalue weighted by atomic mass is 32.1. The van der Waals surface area contributed by atoms with Crippen LogP contribution in [0.1, 0.15) is 50.8 Å². The van der Waals surface area contributed by atoms with Gasteiger partial charge in [0.1, 0.15) is 11.9 Å². The van der Waals surface area contributed by atoms with E-state index in [4.69, 9.17) is 9.73 Å². The van der Waals surface area contributed by atoms with E-state index in [1.807, 2.05) is 11.7 Å². The van der Waals surface area contributed by atoms with Crippen molar-refractivity contribution < 1.29 is 4.74 Å². The molecule has 0 amide bonds. The molecule has 1 fully saturated rings. The predicted octanol–water partition coefficient (Wildman–Crippen LogP) is 6.24. The molecule has 34 heavy (non-hydrogen) atoms. The molecule has 5 nitrogen and oxygen atoms in total. The van der Waals surface area contributed by atoms with E-state index in [9.17, 15) is 0 Å². The fraction of sp³-hybridized carbons (Fsp3) is 0.429. The van der Waals surface area contributed by atoms with Crippen molar-refractivity contribution in [2.45, 2.75) is 45.8 Å². The summed E-state index contributed by atoms with van der Waals surface area (Å²) in [6.07, 6.45) is 6.65. The van der Waals surface area contributed by atoms with Crippen molar-refractivity contribution in [2.24, 2.45) is 10.9 Å². The second-order valence-electron chi connectivity index (χ2n) is 9.39. The molecule has 1 aromatic heterocycles. The van der Waals surface area contributed by atoms with Crippen LogP contribution in [0.3, 0.4) is 0 Å². The van der Waals surface area contributed by atoms with E-state index in [0.29, 0.717) is 5.92 Å². The van der Waals surface area contributed by atoms with E-state index in [-0.39, 0.29) is 12.2 Å². The van der Waals surface area contributed by atoms with E-state index < -0.39 is 0 Å². The standard InChI is InChI=1S/C28H34N4OS/c1-4-31-14-6-7-22(17-31)18-33-25-9-5-8-23(15-25)20(2)32-21(3)29-13-12-27(32)24-10-11-26-28(16-24)34-19-30-26/h5,8-13,15-16,19-22H,4,6-7,14,17-18H2,1-3H3. The second-order valence-corrected chi connectivity index (χ2v) is 10.3. The molecular formula is C28H34N4OS. The molecule has 3 unspecified atom stereocenters. The Bertz CT molecular complexity index is 1190. The number of nitrogens with zero attached hydrogens (tertiary/aromatic N) is 4. The Morgan fingerprint density at radius 1 is 1.21 bits per heavy atom. The number of likely N-dealkylation sites (tertiary alicyclic amines) is 1. The van der Waals surface area contributed by atoms with Crippen LogP contribution < -0.4 is 4.74 Å². The number of thiazole rings is 1. The molecule has 178 valence electrons. The van der Waals surface area contributed by atoms with Crippen LogP contribution in [0.4, 0.5) is 0 Å². The molecule has 6 heteroatoms. The molecule has 5 rings (SSSR count). The molecule has 3 heterocycles. The number of aliphatic imine (C=N–C) groups is 1. The molecule has 0 bridgehead atoms. The molecule has 0 saturated carbocycles. The monoisotopic (exact) mass is 474 g/mol. The van der Waals surface area contributed by atoms with Crippen LogP contribution in [0.25, 0.3) is 15.9 Å². The van der Waals surface area contributed by atoms with Crippen molar-refractivity contribution in [3.8, 4) is 5.75 Å². The number of rotatable bonds is 7. The maximum absolute atomic E-state index is 6.30. The minimum atomic E-state index is 0.0546. The molecule has 2 aliphatic heterocycles. The summed E-state index contributed by atoms with van der Waals surface area (Å²) < 4.78 is 7.51. The number of hydrogen-bond acceptors (Lipinski definition) is 6. The van der Waals surface area contributed by atoms with Crippen LogP contribution in [0.15, 0.2) is 59.0 Å². The normalized spacial score (nSPS) is 22.1. The van der Waals surface area contributed by atoms with Crippen molar-refractivity contribution in [1.29, 1.82) is 0 Å². The summed E-state index contributed by atoms with van der Waals surface area (Å²) in [5.74, 6) is 1.57. The number of benzene rings is 2. The number of ether oxygens (including phenoxy) is 1. The van der Waals surface area contributed by atoms with Crippen LogP contribution in [-0.4, -0.2) is 53.4 Å². The highest BCUT2D eigenvalue weighted by Crippen LogP contribution is 2.36. The van der Waals surface area contributed by atoms with Gasteiger partial charge in [-0.25, -0.2) is 4.98 Å². The zero-order valence-corrected chi connectivity index (χ0v) is 21.2. The SMILES string of the molecule is CCN1CCCC(COc2cccc(C(C)N3C(c4ccc5ncsc5c4)=CC=NC3C)c2)C1.